The fourth-order valence-electron chi connectivity index (χ4n) is 3.80. The van der Waals surface area contributed by atoms with Gasteiger partial charge in [-0.2, -0.15) is 0 Å². The van der Waals surface area contributed by atoms with Gasteiger partial charge < -0.3 is 20.1 Å². The largest absolute Gasteiger partial charge is 0.357 e. The predicted octanol–water partition coefficient (Wildman–Crippen LogP) is 3.07. The molecule has 2 amide bonds. The fourth-order valence-corrected chi connectivity index (χ4v) is 3.96. The van der Waals surface area contributed by atoms with E-state index in [1.165, 1.54) is 13.1 Å². The van der Waals surface area contributed by atoms with Crippen LogP contribution in [0.25, 0.3) is 11.4 Å². The third-order valence-electron chi connectivity index (χ3n) is 5.45. The summed E-state index contributed by atoms with van der Waals surface area (Å²) in [5.74, 6) is -0.852. The molecule has 3 rings (SSSR count). The molecule has 0 saturated heterocycles. The summed E-state index contributed by atoms with van der Waals surface area (Å²) < 4.78 is 16.6. The number of rotatable bonds is 4. The molecule has 0 saturated carbocycles. The van der Waals surface area contributed by atoms with Gasteiger partial charge in [-0.25, -0.2) is 9.37 Å². The highest BCUT2D eigenvalue weighted by Crippen LogP contribution is 2.30. The van der Waals surface area contributed by atoms with Crippen molar-refractivity contribution in [1.29, 1.82) is 0 Å². The molecule has 1 aromatic carbocycles. The molecule has 2 heterocycles. The van der Waals surface area contributed by atoms with Crippen LogP contribution in [0.3, 0.4) is 0 Å². The first-order chi connectivity index (χ1) is 14.5. The van der Waals surface area contributed by atoms with Gasteiger partial charge in [0.05, 0.1) is 11.3 Å². The van der Waals surface area contributed by atoms with Crippen LogP contribution in [0.15, 0.2) is 18.2 Å². The topological polar surface area (TPSA) is 79.3 Å². The lowest BCUT2D eigenvalue weighted by Gasteiger charge is -2.29. The third kappa shape index (κ3) is 4.91. The molecule has 9 heteroatoms. The van der Waals surface area contributed by atoms with Crippen LogP contribution in [0.5, 0.6) is 0 Å². The van der Waals surface area contributed by atoms with Gasteiger partial charge in [0.15, 0.2) is 5.69 Å². The lowest BCUT2D eigenvalue weighted by atomic mass is 9.86. The molecule has 1 atom stereocenters. The van der Waals surface area contributed by atoms with E-state index in [-0.39, 0.29) is 17.2 Å². The molecule has 0 radical (unpaired) electrons. The number of halogens is 2. The Hall–Kier alpha value is -2.45. The average Bonchev–Trinajstić information content (AvgIpc) is 2.90. The fraction of sp³-hybridized carbons (Fsp3) is 0.500. The zero-order chi connectivity index (χ0) is 22.9. The quantitative estimate of drug-likeness (QED) is 0.751. The van der Waals surface area contributed by atoms with E-state index in [0.29, 0.717) is 29.6 Å². The van der Waals surface area contributed by atoms with Crippen LogP contribution >= 0.6 is 11.6 Å². The molecule has 0 unspecified atom stereocenters. The molecule has 1 aliphatic rings. The van der Waals surface area contributed by atoms with E-state index in [0.717, 1.165) is 13.0 Å². The number of fused-ring (bicyclic) bond motifs is 1. The van der Waals surface area contributed by atoms with Crippen molar-refractivity contribution in [1.82, 2.24) is 25.1 Å². The maximum absolute atomic E-state index is 14.7. The first kappa shape index (κ1) is 23.2. The van der Waals surface area contributed by atoms with Gasteiger partial charge in [0.1, 0.15) is 17.7 Å². The SMILES string of the molecule is CNC(=O)[C@@H](NC(=O)c1nc(-c2ccc(Cl)cc2F)n2c1CN(C)CCC2)C(C)(C)C. The minimum Gasteiger partial charge on any atom is -0.357 e. The summed E-state index contributed by atoms with van der Waals surface area (Å²) in [4.78, 5) is 32.4. The number of aromatic nitrogens is 2. The lowest BCUT2D eigenvalue weighted by Crippen LogP contribution is -2.53. The maximum atomic E-state index is 14.7. The number of carbonyl (C=O) groups excluding carboxylic acids is 2. The first-order valence-electron chi connectivity index (χ1n) is 10.3. The smallest absolute Gasteiger partial charge is 0.272 e. The van der Waals surface area contributed by atoms with Crippen LogP contribution in [0.4, 0.5) is 4.39 Å². The number of hydrogen-bond acceptors (Lipinski definition) is 4. The normalized spacial score (nSPS) is 15.7. The number of hydrogen-bond donors (Lipinski definition) is 2. The van der Waals surface area contributed by atoms with E-state index in [1.54, 1.807) is 12.1 Å². The van der Waals surface area contributed by atoms with Crippen molar-refractivity contribution in [3.63, 3.8) is 0 Å². The summed E-state index contributed by atoms with van der Waals surface area (Å²) in [6, 6.07) is 3.67. The minimum atomic E-state index is -0.749. The van der Waals surface area contributed by atoms with Crippen LogP contribution in [0.2, 0.25) is 5.02 Å². The van der Waals surface area contributed by atoms with E-state index in [9.17, 15) is 14.0 Å². The second-order valence-corrected chi connectivity index (χ2v) is 9.42. The molecule has 0 fully saturated rings. The molecule has 0 bridgehead atoms. The third-order valence-corrected chi connectivity index (χ3v) is 5.69. The van der Waals surface area contributed by atoms with Crippen LogP contribution in [0, 0.1) is 11.2 Å². The monoisotopic (exact) mass is 449 g/mol. The van der Waals surface area contributed by atoms with Crippen LogP contribution in [-0.4, -0.2) is 52.9 Å². The van der Waals surface area contributed by atoms with Gasteiger partial charge >= 0.3 is 0 Å². The van der Waals surface area contributed by atoms with E-state index in [1.807, 2.05) is 32.4 Å². The van der Waals surface area contributed by atoms with Crippen molar-refractivity contribution in [2.75, 3.05) is 20.6 Å². The van der Waals surface area contributed by atoms with Gasteiger partial charge in [0, 0.05) is 25.2 Å². The highest BCUT2D eigenvalue weighted by atomic mass is 35.5. The Labute approximate surface area is 187 Å². The van der Waals surface area contributed by atoms with Crippen molar-refractivity contribution in [2.45, 2.75) is 46.3 Å². The zero-order valence-electron chi connectivity index (χ0n) is 18.6. The lowest BCUT2D eigenvalue weighted by molar-refractivity contribution is -0.124. The van der Waals surface area contributed by atoms with Gasteiger partial charge in [-0.15, -0.1) is 0 Å². The molecule has 0 spiro atoms. The Morgan fingerprint density at radius 2 is 1.97 bits per heavy atom. The molecule has 168 valence electrons. The summed E-state index contributed by atoms with van der Waals surface area (Å²) in [6.07, 6.45) is 0.839. The molecule has 1 aromatic heterocycles. The summed E-state index contributed by atoms with van der Waals surface area (Å²) in [5, 5.41) is 5.73. The van der Waals surface area contributed by atoms with Crippen molar-refractivity contribution >= 4 is 23.4 Å². The molecule has 1 aliphatic heterocycles. The van der Waals surface area contributed by atoms with Gasteiger partial charge in [0.2, 0.25) is 5.91 Å². The summed E-state index contributed by atoms with van der Waals surface area (Å²) in [6.45, 7) is 7.57. The van der Waals surface area contributed by atoms with E-state index in [4.69, 9.17) is 11.6 Å². The second kappa shape index (κ2) is 8.96. The second-order valence-electron chi connectivity index (χ2n) is 8.98. The number of benzene rings is 1. The molecule has 2 aromatic rings. The van der Waals surface area contributed by atoms with Crippen LogP contribution < -0.4 is 10.6 Å². The first-order valence-corrected chi connectivity index (χ1v) is 10.7. The predicted molar refractivity (Wildman–Crippen MR) is 118 cm³/mol. The van der Waals surface area contributed by atoms with Crippen LogP contribution in [-0.2, 0) is 17.9 Å². The van der Waals surface area contributed by atoms with E-state index in [2.05, 4.69) is 20.5 Å². The Kier molecular flexibility index (Phi) is 6.71. The Morgan fingerprint density at radius 1 is 1.26 bits per heavy atom. The van der Waals surface area contributed by atoms with Crippen molar-refractivity contribution in [3.05, 3.63) is 40.4 Å². The Bertz CT molecular complexity index is 999. The minimum absolute atomic E-state index is 0.205. The van der Waals surface area contributed by atoms with E-state index < -0.39 is 23.2 Å². The summed E-state index contributed by atoms with van der Waals surface area (Å²) in [7, 11) is 3.50. The Morgan fingerprint density at radius 3 is 2.58 bits per heavy atom. The van der Waals surface area contributed by atoms with Gasteiger partial charge in [-0.3, -0.25) is 9.59 Å². The van der Waals surface area contributed by atoms with Gasteiger partial charge in [0.25, 0.3) is 5.91 Å². The highest BCUT2D eigenvalue weighted by molar-refractivity contribution is 6.30. The molecular weight excluding hydrogens is 421 g/mol. The number of nitrogens with zero attached hydrogens (tertiary/aromatic N) is 3. The molecule has 31 heavy (non-hydrogen) atoms. The van der Waals surface area contributed by atoms with Gasteiger partial charge in [-0.05, 0) is 43.6 Å². The summed E-state index contributed by atoms with van der Waals surface area (Å²) in [5.41, 5.74) is 0.685. The standard InChI is InChI=1S/C22H29ClFN5O2/c1-22(2,3)18(21(31)25-4)27-20(30)17-16-12-28(5)9-6-10-29(16)19(26-17)14-8-7-13(23)11-15(14)24/h7-8,11,18H,6,9-10,12H2,1-5H3,(H,25,31)(H,27,30)/t18-/m1/s1. The molecule has 7 nitrogen and oxygen atoms in total. The van der Waals surface area contributed by atoms with Gasteiger partial charge in [-0.1, -0.05) is 32.4 Å². The van der Waals surface area contributed by atoms with Crippen molar-refractivity contribution in [3.8, 4) is 11.4 Å². The maximum Gasteiger partial charge on any atom is 0.272 e. The molecule has 0 aliphatic carbocycles. The van der Waals surface area contributed by atoms with Crippen molar-refractivity contribution in [2.24, 2.45) is 5.41 Å². The number of likely N-dealkylation sites (N-methyl/N-ethyl adjacent to an activating group) is 1. The zero-order valence-corrected chi connectivity index (χ0v) is 19.3. The molecular formula is C22H29ClFN5O2. The number of imidazole rings is 1. The van der Waals surface area contributed by atoms with E-state index >= 15 is 0 Å². The number of amides is 2. The average molecular weight is 450 g/mol. The Balaban J connectivity index is 2.08. The van der Waals surface area contributed by atoms with Crippen molar-refractivity contribution < 1.29 is 14.0 Å². The number of carbonyl (C=O) groups is 2. The highest BCUT2D eigenvalue weighted by Gasteiger charge is 2.35. The molecule has 2 N–H and O–H groups in total. The number of nitrogens with one attached hydrogen (secondary N) is 2. The van der Waals surface area contributed by atoms with Crippen LogP contribution in [0.1, 0.15) is 43.4 Å². The summed E-state index contributed by atoms with van der Waals surface area (Å²) >= 11 is 5.92.